The summed E-state index contributed by atoms with van der Waals surface area (Å²) in [6.07, 6.45) is 3.64. The molecule has 0 saturated carbocycles. The number of para-hydroxylation sites is 2. The molecule has 0 aliphatic carbocycles. The first kappa shape index (κ1) is 27.4. The van der Waals surface area contributed by atoms with Gasteiger partial charge in [-0.1, -0.05) is 72.8 Å². The van der Waals surface area contributed by atoms with Crippen molar-refractivity contribution in [3.05, 3.63) is 163 Å². The molecule has 0 fully saturated rings. The molecule has 3 heterocycles. The van der Waals surface area contributed by atoms with Crippen molar-refractivity contribution in [1.29, 1.82) is 10.5 Å². The number of fused-ring (bicyclic) bond motifs is 6. The molecule has 0 radical (unpaired) electrons. The van der Waals surface area contributed by atoms with Gasteiger partial charge in [-0.3, -0.25) is 4.98 Å². The number of aromatic nitrogens is 3. The maximum Gasteiger partial charge on any atom is 0.0991 e. The average molecular weight is 612 g/mol. The number of hydrogen-bond acceptors (Lipinski definition) is 3. The van der Waals surface area contributed by atoms with E-state index in [1.54, 1.807) is 6.20 Å². The Kier molecular flexibility index (Phi) is 6.18. The molecule has 0 aliphatic rings. The van der Waals surface area contributed by atoms with Gasteiger partial charge in [-0.15, -0.1) is 0 Å². The van der Waals surface area contributed by atoms with Crippen LogP contribution in [0.1, 0.15) is 11.1 Å². The van der Waals surface area contributed by atoms with Crippen LogP contribution in [-0.2, 0) is 0 Å². The molecular weight excluding hydrogens is 587 g/mol. The first-order valence-corrected chi connectivity index (χ1v) is 15.7. The highest BCUT2D eigenvalue weighted by atomic mass is 15.0. The largest absolute Gasteiger partial charge is 0.309 e. The van der Waals surface area contributed by atoms with Crippen LogP contribution in [0.2, 0.25) is 0 Å². The van der Waals surface area contributed by atoms with Gasteiger partial charge in [0.2, 0.25) is 0 Å². The van der Waals surface area contributed by atoms with Crippen molar-refractivity contribution in [3.8, 4) is 45.8 Å². The minimum atomic E-state index is 0.583. The van der Waals surface area contributed by atoms with Crippen molar-refractivity contribution in [2.75, 3.05) is 0 Å². The van der Waals surface area contributed by atoms with Crippen molar-refractivity contribution < 1.29 is 0 Å². The Morgan fingerprint density at radius 1 is 0.458 bits per heavy atom. The van der Waals surface area contributed by atoms with Crippen LogP contribution in [0.4, 0.5) is 0 Å². The Balaban J connectivity index is 1.24. The van der Waals surface area contributed by atoms with Crippen molar-refractivity contribution in [1.82, 2.24) is 14.1 Å². The standard InChI is InChI=1S/C43H25N5/c44-25-28-13-19-41(48-42-20-14-29(26-45)24-37(42)38-27-46-22-21-43(38)48)36(23-28)33-8-2-1-7-32(33)30-15-17-31(18-16-30)47-39-11-5-3-9-34(39)35-10-4-6-12-40(35)47/h1-24,27H. The van der Waals surface area contributed by atoms with Crippen LogP contribution in [0, 0.1) is 22.7 Å². The molecule has 222 valence electrons. The lowest BCUT2D eigenvalue weighted by molar-refractivity contribution is 1.17. The van der Waals surface area contributed by atoms with Crippen molar-refractivity contribution >= 4 is 43.6 Å². The van der Waals surface area contributed by atoms with Gasteiger partial charge in [0.05, 0.1) is 51.0 Å². The predicted octanol–water partition coefficient (Wildman–Crippen LogP) is 10.4. The molecule has 5 nitrogen and oxygen atoms in total. The Morgan fingerprint density at radius 3 is 1.79 bits per heavy atom. The summed E-state index contributed by atoms with van der Waals surface area (Å²) >= 11 is 0. The maximum atomic E-state index is 9.99. The summed E-state index contributed by atoms with van der Waals surface area (Å²) in [6.45, 7) is 0. The summed E-state index contributed by atoms with van der Waals surface area (Å²) in [7, 11) is 0. The Hall–Kier alpha value is -6.95. The summed E-state index contributed by atoms with van der Waals surface area (Å²) in [4.78, 5) is 4.41. The molecule has 6 aromatic carbocycles. The third-order valence-corrected chi connectivity index (χ3v) is 9.30. The highest BCUT2D eigenvalue weighted by Crippen LogP contribution is 2.40. The molecule has 0 spiro atoms. The molecule has 9 aromatic rings. The third kappa shape index (κ3) is 4.13. The van der Waals surface area contributed by atoms with E-state index in [0.29, 0.717) is 11.1 Å². The molecule has 0 unspecified atom stereocenters. The van der Waals surface area contributed by atoms with Crippen LogP contribution >= 0.6 is 0 Å². The Bertz CT molecular complexity index is 2750. The van der Waals surface area contributed by atoms with Crippen LogP contribution in [0.15, 0.2) is 152 Å². The highest BCUT2D eigenvalue weighted by molar-refractivity contribution is 6.10. The van der Waals surface area contributed by atoms with E-state index in [4.69, 9.17) is 0 Å². The average Bonchev–Trinajstić information content (AvgIpc) is 3.67. The third-order valence-electron chi connectivity index (χ3n) is 9.30. The molecule has 0 N–H and O–H groups in total. The topological polar surface area (TPSA) is 70.3 Å². The molecule has 0 amide bonds. The lowest BCUT2D eigenvalue weighted by Crippen LogP contribution is -1.99. The van der Waals surface area contributed by atoms with Gasteiger partial charge in [0.1, 0.15) is 0 Å². The van der Waals surface area contributed by atoms with Gasteiger partial charge < -0.3 is 9.13 Å². The van der Waals surface area contributed by atoms with Gasteiger partial charge in [-0.05, 0) is 83.4 Å². The van der Waals surface area contributed by atoms with Gasteiger partial charge in [0, 0.05) is 45.2 Å². The molecule has 0 aliphatic heterocycles. The molecule has 3 aromatic heterocycles. The smallest absolute Gasteiger partial charge is 0.0991 e. The normalized spacial score (nSPS) is 11.3. The van der Waals surface area contributed by atoms with Crippen LogP contribution in [0.5, 0.6) is 0 Å². The van der Waals surface area contributed by atoms with Gasteiger partial charge >= 0.3 is 0 Å². The van der Waals surface area contributed by atoms with E-state index in [1.165, 1.54) is 21.8 Å². The summed E-state index contributed by atoms with van der Waals surface area (Å²) in [5.74, 6) is 0. The summed E-state index contributed by atoms with van der Waals surface area (Å²) < 4.78 is 4.54. The van der Waals surface area contributed by atoms with E-state index in [0.717, 1.165) is 55.4 Å². The molecule has 0 atom stereocenters. The number of nitriles is 2. The van der Waals surface area contributed by atoms with E-state index in [9.17, 15) is 10.5 Å². The zero-order valence-electron chi connectivity index (χ0n) is 25.7. The lowest BCUT2D eigenvalue weighted by atomic mass is 9.92. The van der Waals surface area contributed by atoms with Gasteiger partial charge in [-0.2, -0.15) is 10.5 Å². The van der Waals surface area contributed by atoms with Crippen molar-refractivity contribution in [2.24, 2.45) is 0 Å². The van der Waals surface area contributed by atoms with E-state index in [2.05, 4.69) is 117 Å². The Morgan fingerprint density at radius 2 is 1.06 bits per heavy atom. The monoisotopic (exact) mass is 611 g/mol. The highest BCUT2D eigenvalue weighted by Gasteiger charge is 2.19. The molecular formula is C43H25N5. The fraction of sp³-hybridized carbons (Fsp3) is 0. The zero-order valence-corrected chi connectivity index (χ0v) is 25.7. The number of hydrogen-bond donors (Lipinski definition) is 0. The number of nitrogens with zero attached hydrogens (tertiary/aromatic N) is 5. The molecule has 0 bridgehead atoms. The van der Waals surface area contributed by atoms with Gasteiger partial charge in [-0.25, -0.2) is 0 Å². The first-order valence-electron chi connectivity index (χ1n) is 15.7. The second-order valence-corrected chi connectivity index (χ2v) is 11.9. The number of rotatable bonds is 4. The van der Waals surface area contributed by atoms with Crippen LogP contribution in [-0.4, -0.2) is 14.1 Å². The summed E-state index contributed by atoms with van der Waals surface area (Å²) in [5, 5.41) is 24.0. The second kappa shape index (κ2) is 10.8. The number of pyridine rings is 1. The number of benzene rings is 6. The van der Waals surface area contributed by atoms with Crippen LogP contribution in [0.25, 0.3) is 77.2 Å². The fourth-order valence-electron chi connectivity index (χ4n) is 7.17. The van der Waals surface area contributed by atoms with Gasteiger partial charge in [0.15, 0.2) is 0 Å². The molecule has 5 heteroatoms. The Labute approximate surface area is 276 Å². The molecule has 0 saturated heterocycles. The quantitative estimate of drug-likeness (QED) is 0.199. The lowest BCUT2D eigenvalue weighted by Gasteiger charge is -2.18. The SMILES string of the molecule is N#Cc1ccc(-n2c3ccncc3c3cc(C#N)ccc32)c(-c2ccccc2-c2ccc(-n3c4ccccc4c4ccccc43)cc2)c1. The van der Waals surface area contributed by atoms with Crippen LogP contribution in [0.3, 0.4) is 0 Å². The van der Waals surface area contributed by atoms with Crippen molar-refractivity contribution in [3.63, 3.8) is 0 Å². The molecule has 48 heavy (non-hydrogen) atoms. The van der Waals surface area contributed by atoms with Crippen LogP contribution < -0.4 is 0 Å². The van der Waals surface area contributed by atoms with E-state index < -0.39 is 0 Å². The summed E-state index contributed by atoms with van der Waals surface area (Å²) in [6, 6.07) is 52.4. The molecule has 9 rings (SSSR count). The van der Waals surface area contributed by atoms with Crippen molar-refractivity contribution in [2.45, 2.75) is 0 Å². The van der Waals surface area contributed by atoms with E-state index >= 15 is 0 Å². The maximum absolute atomic E-state index is 9.99. The van der Waals surface area contributed by atoms with E-state index in [1.807, 2.05) is 54.7 Å². The zero-order chi connectivity index (χ0) is 32.2. The minimum absolute atomic E-state index is 0.583. The first-order chi connectivity index (χ1) is 23.7. The second-order valence-electron chi connectivity index (χ2n) is 11.9. The minimum Gasteiger partial charge on any atom is -0.309 e. The summed E-state index contributed by atoms with van der Waals surface area (Å²) in [5.41, 5.74) is 11.6. The van der Waals surface area contributed by atoms with Gasteiger partial charge in [0.25, 0.3) is 0 Å². The predicted molar refractivity (Wildman–Crippen MR) is 193 cm³/mol. The fourth-order valence-corrected chi connectivity index (χ4v) is 7.17. The van der Waals surface area contributed by atoms with E-state index in [-0.39, 0.29) is 0 Å².